The Morgan fingerprint density at radius 1 is 1.31 bits per heavy atom. The van der Waals surface area contributed by atoms with Crippen LogP contribution in [0.15, 0.2) is 30.3 Å². The van der Waals surface area contributed by atoms with Crippen LogP contribution in [-0.2, 0) is 0 Å². The third-order valence-electron chi connectivity index (χ3n) is 0.967. The molecule has 5 nitrogen and oxygen atoms in total. The van der Waals surface area contributed by atoms with Gasteiger partial charge in [-0.2, -0.15) is 0 Å². The minimum atomic E-state index is -0.417. The molecule has 1 aromatic carbocycles. The molecular weight excluding hydrogens is 176 g/mol. The van der Waals surface area contributed by atoms with Crippen LogP contribution in [0.5, 0.6) is 0 Å². The van der Waals surface area contributed by atoms with E-state index in [9.17, 15) is 10.1 Å². The van der Waals surface area contributed by atoms with Crippen LogP contribution in [-0.4, -0.2) is 13.0 Å². The molecule has 0 unspecified atom stereocenters. The predicted molar refractivity (Wildman–Crippen MR) is 42.6 cm³/mol. The van der Waals surface area contributed by atoms with Crippen LogP contribution in [0.3, 0.4) is 0 Å². The van der Waals surface area contributed by atoms with E-state index in [0.717, 1.165) is 0 Å². The summed E-state index contributed by atoms with van der Waals surface area (Å²) in [5.41, 5.74) is 0.137. The molecule has 13 heavy (non-hydrogen) atoms. The summed E-state index contributed by atoms with van der Waals surface area (Å²) >= 11 is 0. The van der Waals surface area contributed by atoms with Crippen molar-refractivity contribution in [2.24, 2.45) is 0 Å². The Morgan fingerprint density at radius 3 is 1.92 bits per heavy atom. The first-order valence-corrected chi connectivity index (χ1v) is 2.94. The topological polar surface area (TPSA) is 90.7 Å². The molecule has 0 bridgehead atoms. The molecule has 1 rings (SSSR count). The van der Waals surface area contributed by atoms with E-state index >= 15 is 0 Å². The maximum Gasteiger partial charge on any atom is 0.269 e. The number of diazo groups is 1. The fourth-order valence-corrected chi connectivity index (χ4v) is 0.550. The Kier molecular flexibility index (Phi) is 10.5. The molecule has 1 N–H and O–H groups in total. The third kappa shape index (κ3) is 6.43. The zero-order valence-electron chi connectivity index (χ0n) is 6.55. The molecular formula is C6H6BFN3O2. The van der Waals surface area contributed by atoms with Gasteiger partial charge in [-0.25, -0.2) is 0 Å². The lowest BCUT2D eigenvalue weighted by atomic mass is 10.3. The molecule has 0 atom stereocenters. The summed E-state index contributed by atoms with van der Waals surface area (Å²) in [6.45, 7) is 0. The van der Waals surface area contributed by atoms with Crippen molar-refractivity contribution >= 4 is 13.8 Å². The number of nitro benzene ring substituents is 1. The van der Waals surface area contributed by atoms with Gasteiger partial charge in [-0.1, -0.05) is 18.2 Å². The van der Waals surface area contributed by atoms with E-state index in [2.05, 4.69) is 8.12 Å². The Bertz CT molecular complexity index is 255. The van der Waals surface area contributed by atoms with Crippen LogP contribution in [0, 0.1) is 15.5 Å². The Balaban J connectivity index is 0. The van der Waals surface area contributed by atoms with Crippen LogP contribution in [0.1, 0.15) is 0 Å². The van der Waals surface area contributed by atoms with Crippen LogP contribution >= 0.6 is 0 Å². The molecule has 0 aliphatic heterocycles. The molecule has 7 heteroatoms. The highest BCUT2D eigenvalue weighted by molar-refractivity contribution is 5.96. The van der Waals surface area contributed by atoms with E-state index in [-0.39, 0.29) is 5.69 Å². The third-order valence-corrected chi connectivity index (χ3v) is 0.967. The molecule has 0 spiro atoms. The molecule has 0 fully saturated rings. The first kappa shape index (κ1) is 13.6. The molecule has 0 heterocycles. The number of halogens is 1. The molecule has 3 radical (unpaired) electrons. The molecule has 0 saturated heterocycles. The zero-order chi connectivity index (χ0) is 10.7. The van der Waals surface area contributed by atoms with Crippen LogP contribution < -0.4 is 5.39 Å². The second-order valence-corrected chi connectivity index (χ2v) is 1.59. The van der Waals surface area contributed by atoms with Gasteiger partial charge in [0.15, 0.2) is 0 Å². The smallest absolute Gasteiger partial charge is 0.269 e. The number of non-ortho nitro benzene ring substituents is 1. The van der Waals surface area contributed by atoms with E-state index < -0.39 is 4.92 Å². The number of hydrogen-bond acceptors (Lipinski definition) is 3. The van der Waals surface area contributed by atoms with Crippen molar-refractivity contribution in [1.29, 1.82) is 5.39 Å². The average Bonchev–Trinajstić information content (AvgIpc) is 2.25. The fourth-order valence-electron chi connectivity index (χ4n) is 0.550. The van der Waals surface area contributed by atoms with Gasteiger partial charge in [0.1, 0.15) is 0 Å². The maximum atomic E-state index is 10.0. The zero-order valence-corrected chi connectivity index (χ0v) is 6.55. The van der Waals surface area contributed by atoms with Gasteiger partial charge in [-0.3, -0.25) is 10.1 Å². The number of hydrogen-bond donors (Lipinski definition) is 1. The second-order valence-electron chi connectivity index (χ2n) is 1.59. The van der Waals surface area contributed by atoms with E-state index in [1.165, 1.54) is 12.1 Å². The predicted octanol–water partition coefficient (Wildman–Crippen LogP) is -0.0865. The van der Waals surface area contributed by atoms with Gasteiger partial charge in [0.25, 0.3) is 5.69 Å². The number of benzene rings is 1. The maximum absolute atomic E-state index is 10.0. The van der Waals surface area contributed by atoms with Gasteiger partial charge >= 0.3 is 0 Å². The lowest BCUT2D eigenvalue weighted by Crippen LogP contribution is -2.11. The molecule has 0 amide bonds. The summed E-state index contributed by atoms with van der Waals surface area (Å²) in [7, 11) is 3.00. The highest BCUT2D eigenvalue weighted by atomic mass is 19.1. The Labute approximate surface area is 75.2 Å². The van der Waals surface area contributed by atoms with Crippen molar-refractivity contribution in [3.63, 3.8) is 0 Å². The normalized spacial score (nSPS) is 6.77. The van der Waals surface area contributed by atoms with Crippen molar-refractivity contribution in [3.05, 3.63) is 40.4 Å². The first-order valence-electron chi connectivity index (χ1n) is 2.94. The number of nitrogens with zero attached hydrogens (tertiary/aromatic N) is 2. The summed E-state index contributed by atoms with van der Waals surface area (Å²) in [6, 6.07) is 7.93. The summed E-state index contributed by atoms with van der Waals surface area (Å²) in [5, 5.41) is 21.0. The Hall–Kier alpha value is -1.97. The lowest BCUT2D eigenvalue weighted by molar-refractivity contribution is -0.384. The van der Waals surface area contributed by atoms with E-state index in [1.807, 2.05) is 0 Å². The fraction of sp³-hybridized carbons (Fsp3) is 0. The van der Waals surface area contributed by atoms with Gasteiger partial charge in [0.2, 0.25) is 5.39 Å². The van der Waals surface area contributed by atoms with Gasteiger partial charge in [0.05, 0.1) is 10.3 Å². The minimum absolute atomic E-state index is 0.137. The Morgan fingerprint density at radius 2 is 1.69 bits per heavy atom. The molecule has 0 aliphatic carbocycles. The monoisotopic (exact) mass is 182 g/mol. The van der Waals surface area contributed by atoms with Crippen LogP contribution in [0.4, 0.5) is 10.0 Å². The highest BCUT2D eigenvalue weighted by Gasteiger charge is 1.98. The van der Waals surface area contributed by atoms with E-state index in [1.54, 1.807) is 18.2 Å². The number of nitro groups is 1. The number of rotatable bonds is 1. The summed E-state index contributed by atoms with van der Waals surface area (Å²) in [4.78, 5) is 9.59. The summed E-state index contributed by atoms with van der Waals surface area (Å²) < 4.78 is 9.00. The SMILES string of the molecule is N#[NH+].O=[N+]([O-])c1ccccc1.[B-]F. The van der Waals surface area contributed by atoms with Crippen molar-refractivity contribution in [3.8, 4) is 0 Å². The second kappa shape index (κ2) is 10.0. The number of para-hydroxylation sites is 1. The van der Waals surface area contributed by atoms with Gasteiger partial charge in [-0.15, -0.1) is 0 Å². The van der Waals surface area contributed by atoms with Crippen LogP contribution in [0.2, 0.25) is 0 Å². The van der Waals surface area contributed by atoms with E-state index in [4.69, 9.17) is 15.1 Å². The van der Waals surface area contributed by atoms with Crippen LogP contribution in [0.25, 0.3) is 0 Å². The molecule has 0 aliphatic rings. The first-order chi connectivity index (χ1) is 6.30. The standard InChI is InChI=1S/C6H5NO2.BF.N2/c8-7(9)6-4-2-1-3-5-6;2*1-2/h1-5H;;/q;-1;/p+1. The molecule has 0 saturated carbocycles. The van der Waals surface area contributed by atoms with E-state index in [0.29, 0.717) is 0 Å². The molecule has 0 aromatic heterocycles. The van der Waals surface area contributed by atoms with Crippen molar-refractivity contribution in [2.75, 3.05) is 0 Å². The van der Waals surface area contributed by atoms with Gasteiger partial charge in [-0.05, 0) is 0 Å². The summed E-state index contributed by atoms with van der Waals surface area (Å²) in [5.74, 6) is 0. The minimum Gasteiger partial charge on any atom is -0.643 e. The number of nitrogens with one attached hydrogen (secondary N) is 1. The molecule has 67 valence electrons. The quantitative estimate of drug-likeness (QED) is 0.284. The largest absolute Gasteiger partial charge is 0.643 e. The van der Waals surface area contributed by atoms with Crippen molar-refractivity contribution < 1.29 is 14.6 Å². The summed E-state index contributed by atoms with van der Waals surface area (Å²) in [6.07, 6.45) is 0. The van der Waals surface area contributed by atoms with Crippen molar-refractivity contribution in [1.82, 2.24) is 0 Å². The van der Waals surface area contributed by atoms with Gasteiger partial charge in [0, 0.05) is 12.1 Å². The van der Waals surface area contributed by atoms with Crippen molar-refractivity contribution in [2.45, 2.75) is 0 Å². The lowest BCUT2D eigenvalue weighted by Gasteiger charge is -1.85. The highest BCUT2D eigenvalue weighted by Crippen LogP contribution is 2.06. The molecule has 1 aromatic rings. The average molecular weight is 182 g/mol. The van der Waals surface area contributed by atoms with Gasteiger partial charge < -0.3 is 12.4 Å².